The first-order valence-electron chi connectivity index (χ1n) is 39.4. The molecule has 5 aromatic heterocycles. The van der Waals surface area contributed by atoms with Crippen molar-refractivity contribution in [2.45, 2.75) is 138 Å². The van der Waals surface area contributed by atoms with Gasteiger partial charge in [-0.1, -0.05) is 45.0 Å². The zero-order valence-corrected chi connectivity index (χ0v) is 69.0. The molecule has 640 valence electrons. The van der Waals surface area contributed by atoms with Crippen molar-refractivity contribution in [3.63, 3.8) is 0 Å². The molecule has 9 amide bonds. The standard InChI is InChI=1S/C80H110N18O19S/c1-9-97-65(41-51(3)92-97)75(106)90-78-87-60-43-56(72(81)103)15-17-62(60)94(78)24-19-59(20-25-95-63-18-16-57(73(82)104)44-61(63)88-79(95)91-76(107)66-42-52(4)93-98(66)10-2)117-49-68(101)84-23-28-111-31-34-113-36-35-112-32-29-109-26-21-67(100)83-22-27-110-30-33-114-37-38-115-39-40-116-48-69(102)89-71(80(6,7)8)77(108)96-47-58(99)45-64(96)74(105)85-46-54-11-13-55(14-12-54)70-53(5)86-50-118-70/h11-18,41-44,50,58-59,64,71,99H,9-10,19-40,45-49H2,1-8H3,(H2,81,103)(H2,82,104)(H,83,100)(H,84,101)(H,85,105)(H,89,102)(H,87,90,106)(H,88,91,107)/t58-,64+,71-/m1/s1. The van der Waals surface area contributed by atoms with Crippen LogP contribution in [0.5, 0.6) is 0 Å². The number of aliphatic hydroxyl groups is 1. The van der Waals surface area contributed by atoms with Crippen LogP contribution in [0.3, 0.4) is 0 Å². The van der Waals surface area contributed by atoms with Gasteiger partial charge in [0.05, 0.1) is 161 Å². The predicted octanol–water partition coefficient (Wildman–Crippen LogP) is 4.00. The minimum atomic E-state index is -1.000. The molecule has 0 spiro atoms. The number of nitrogens with one attached hydrogen (secondary N) is 6. The van der Waals surface area contributed by atoms with E-state index in [1.54, 1.807) is 97.7 Å². The number of imidazole rings is 2. The monoisotopic (exact) mass is 1660 g/mol. The van der Waals surface area contributed by atoms with E-state index in [2.05, 4.69) is 47.1 Å². The largest absolute Gasteiger partial charge is 0.391 e. The van der Waals surface area contributed by atoms with E-state index in [1.165, 1.54) is 4.90 Å². The Balaban J connectivity index is 0.594. The Morgan fingerprint density at radius 2 is 1.05 bits per heavy atom. The number of likely N-dealkylation sites (tertiary alicyclic amines) is 1. The second kappa shape index (κ2) is 46.0. The van der Waals surface area contributed by atoms with Gasteiger partial charge in [0.1, 0.15) is 36.7 Å². The Kier molecular flexibility index (Phi) is 35.6. The summed E-state index contributed by atoms with van der Waals surface area (Å²) in [5.41, 5.74) is 19.5. The van der Waals surface area contributed by atoms with Crippen molar-refractivity contribution in [2.75, 3.05) is 143 Å². The van der Waals surface area contributed by atoms with Crippen molar-refractivity contribution in [3.8, 4) is 10.4 Å². The molecule has 9 rings (SSSR count). The number of ether oxygens (including phenoxy) is 9. The molecule has 0 saturated carbocycles. The Labute approximate surface area is 687 Å². The molecule has 0 radical (unpaired) electrons. The Morgan fingerprint density at radius 3 is 1.52 bits per heavy atom. The van der Waals surface area contributed by atoms with E-state index >= 15 is 0 Å². The highest BCUT2D eigenvalue weighted by Gasteiger charge is 2.45. The molecule has 0 bridgehead atoms. The molecule has 1 aliphatic heterocycles. The van der Waals surface area contributed by atoms with Crippen LogP contribution in [0.25, 0.3) is 32.5 Å². The summed E-state index contributed by atoms with van der Waals surface area (Å²) in [5.74, 6) is -3.88. The average molecular weight is 1660 g/mol. The molecule has 1 aliphatic rings. The lowest BCUT2D eigenvalue weighted by Gasteiger charge is -2.35. The second-order valence-corrected chi connectivity index (χ2v) is 29.8. The van der Waals surface area contributed by atoms with Crippen LogP contribution in [0.2, 0.25) is 0 Å². The third kappa shape index (κ3) is 27.5. The van der Waals surface area contributed by atoms with Crippen LogP contribution < -0.4 is 43.4 Å². The van der Waals surface area contributed by atoms with Gasteiger partial charge >= 0.3 is 0 Å². The van der Waals surface area contributed by atoms with E-state index in [4.69, 9.17) is 64.1 Å². The summed E-state index contributed by atoms with van der Waals surface area (Å²) in [7, 11) is 0. The first kappa shape index (κ1) is 91.4. The average Bonchev–Trinajstić information content (AvgIpc) is 1.64. The van der Waals surface area contributed by atoms with E-state index in [1.807, 2.05) is 65.8 Å². The first-order valence-corrected chi connectivity index (χ1v) is 40.3. The van der Waals surface area contributed by atoms with Crippen LogP contribution in [0.1, 0.15) is 125 Å². The van der Waals surface area contributed by atoms with Crippen LogP contribution in [-0.2, 0) is 99.3 Å². The van der Waals surface area contributed by atoms with E-state index in [9.17, 15) is 48.3 Å². The zero-order valence-electron chi connectivity index (χ0n) is 68.2. The Hall–Kier alpha value is -10.5. The number of primary amides is 2. The molecule has 1 fully saturated rings. The number of aliphatic hydroxyl groups excluding tert-OH is 1. The highest BCUT2D eigenvalue weighted by Crippen LogP contribution is 2.31. The number of fused-ring (bicyclic) bond motifs is 2. The maximum absolute atomic E-state index is 14.0. The van der Waals surface area contributed by atoms with E-state index in [0.29, 0.717) is 104 Å². The zero-order chi connectivity index (χ0) is 84.7. The molecular weight excluding hydrogens is 1550 g/mol. The Morgan fingerprint density at radius 1 is 0.576 bits per heavy atom. The van der Waals surface area contributed by atoms with Gasteiger partial charge < -0.3 is 94.5 Å². The minimum absolute atomic E-state index is 0.0439. The number of rotatable bonds is 52. The van der Waals surface area contributed by atoms with Crippen LogP contribution in [0.4, 0.5) is 11.9 Å². The highest BCUT2D eigenvalue weighted by atomic mass is 32.1. The number of amides is 9. The molecule has 8 aromatic rings. The number of thiazole rings is 1. The van der Waals surface area contributed by atoms with Gasteiger partial charge in [-0.3, -0.25) is 63.1 Å². The maximum atomic E-state index is 14.0. The second-order valence-electron chi connectivity index (χ2n) is 28.9. The van der Waals surface area contributed by atoms with Crippen molar-refractivity contribution in [1.82, 2.24) is 69.8 Å². The van der Waals surface area contributed by atoms with Gasteiger partial charge in [0.25, 0.3) is 11.8 Å². The van der Waals surface area contributed by atoms with Crippen LogP contribution in [0, 0.1) is 26.2 Å². The molecule has 0 aliphatic carbocycles. The van der Waals surface area contributed by atoms with Crippen molar-refractivity contribution < 1.29 is 90.9 Å². The van der Waals surface area contributed by atoms with Crippen LogP contribution in [-0.4, -0.2) is 263 Å². The third-order valence-corrected chi connectivity index (χ3v) is 19.9. The number of anilines is 2. The summed E-state index contributed by atoms with van der Waals surface area (Å²) in [6, 6.07) is 18.8. The number of nitrogens with two attached hydrogens (primary N) is 2. The topological polar surface area (TPSA) is 469 Å². The van der Waals surface area contributed by atoms with Gasteiger partial charge in [-0.15, -0.1) is 11.3 Å². The third-order valence-electron chi connectivity index (χ3n) is 19.0. The minimum Gasteiger partial charge on any atom is -0.391 e. The van der Waals surface area contributed by atoms with Gasteiger partial charge in [-0.25, -0.2) is 15.0 Å². The first-order chi connectivity index (χ1) is 56.8. The number of aryl methyl sites for hydroxylation is 7. The lowest BCUT2D eigenvalue weighted by atomic mass is 9.85. The Bertz CT molecular complexity index is 4500. The van der Waals surface area contributed by atoms with Gasteiger partial charge in [0.2, 0.25) is 53.2 Å². The molecule has 118 heavy (non-hydrogen) atoms. The van der Waals surface area contributed by atoms with Crippen molar-refractivity contribution >= 4 is 98.5 Å². The van der Waals surface area contributed by atoms with Crippen LogP contribution in [0.15, 0.2) is 78.3 Å². The molecular formula is C80H110N18O19S. The molecule has 1 saturated heterocycles. The fourth-order valence-corrected chi connectivity index (χ4v) is 13.7. The molecule has 6 heterocycles. The maximum Gasteiger partial charge on any atom is 0.276 e. The van der Waals surface area contributed by atoms with E-state index < -0.39 is 77.0 Å². The van der Waals surface area contributed by atoms with Crippen molar-refractivity contribution in [1.29, 1.82) is 0 Å². The number of β-amino-alcohol motifs (C(OH)–C–C–N with tert-alkyl or cyclic N) is 1. The SMILES string of the molecule is CCn1nc(C)cc1C(=O)Nc1nc2cc(C(N)=O)ccc2n1CCC(CCn1c(NC(=O)c2cc(C)nn2CC)nc2cc(C(N)=O)ccc21)OCC(=O)NCCOCCOCCOCCOCCC(=O)NCCOCCOCCOCCOCC(=O)N[C@H](C(=O)N1C[C@H](O)C[C@H]1C(=O)NCc1ccc(-c2scnc2C)cc1)C(C)(C)C. The number of carbonyl (C=O) groups is 9. The van der Waals surface area contributed by atoms with Gasteiger partial charge in [-0.2, -0.15) is 10.2 Å². The van der Waals surface area contributed by atoms with Gasteiger partial charge in [0, 0.05) is 76.3 Å². The smallest absolute Gasteiger partial charge is 0.276 e. The summed E-state index contributed by atoms with van der Waals surface area (Å²) >= 11 is 1.56. The lowest BCUT2D eigenvalue weighted by molar-refractivity contribution is -0.144. The normalized spacial score (nSPS) is 13.8. The summed E-state index contributed by atoms with van der Waals surface area (Å²) in [5, 5.41) is 36.6. The van der Waals surface area contributed by atoms with E-state index in [-0.39, 0.29) is 160 Å². The number of aromatic nitrogens is 9. The van der Waals surface area contributed by atoms with Crippen molar-refractivity contribution in [2.24, 2.45) is 16.9 Å². The molecule has 0 unspecified atom stereocenters. The number of hydrogen-bond donors (Lipinski definition) is 9. The number of hydrogen-bond acceptors (Lipinski definition) is 25. The highest BCUT2D eigenvalue weighted by molar-refractivity contribution is 7.13. The summed E-state index contributed by atoms with van der Waals surface area (Å²) < 4.78 is 57.8. The van der Waals surface area contributed by atoms with Crippen molar-refractivity contribution in [3.05, 3.63) is 123 Å². The summed E-state index contributed by atoms with van der Waals surface area (Å²) in [6.07, 6.45) is -0.832. The van der Waals surface area contributed by atoms with Crippen LogP contribution >= 0.6 is 11.3 Å². The molecule has 11 N–H and O–H groups in total. The molecule has 38 heteroatoms. The molecule has 3 atom stereocenters. The fraction of sp³-hybridized carbons (Fsp3) is 0.525. The molecule has 3 aromatic carbocycles. The summed E-state index contributed by atoms with van der Waals surface area (Å²) in [4.78, 5) is 135. The summed E-state index contributed by atoms with van der Waals surface area (Å²) in [6.45, 7) is 19.8. The van der Waals surface area contributed by atoms with E-state index in [0.717, 1.165) is 21.7 Å². The number of nitrogens with zero attached hydrogens (tertiary/aromatic N) is 10. The number of carbonyl (C=O) groups excluding carboxylic acids is 9. The predicted molar refractivity (Wildman–Crippen MR) is 435 cm³/mol. The lowest BCUT2D eigenvalue weighted by Crippen LogP contribution is -2.58. The fourth-order valence-electron chi connectivity index (χ4n) is 12.9. The number of benzene rings is 3. The van der Waals surface area contributed by atoms with Gasteiger partial charge in [0.15, 0.2) is 0 Å². The molecule has 37 nitrogen and oxygen atoms in total. The quantitative estimate of drug-likeness (QED) is 0.0243. The van der Waals surface area contributed by atoms with Gasteiger partial charge in [-0.05, 0) is 113 Å².